The topological polar surface area (TPSA) is 196 Å². The summed E-state index contributed by atoms with van der Waals surface area (Å²) in [5.41, 5.74) is 2.43. The van der Waals surface area contributed by atoms with Gasteiger partial charge in [0.25, 0.3) is 0 Å². The number of hydrogen-bond acceptors (Lipinski definition) is 11. The molecule has 0 saturated heterocycles. The first-order valence-corrected chi connectivity index (χ1v) is 26.8. The summed E-state index contributed by atoms with van der Waals surface area (Å²) in [4.78, 5) is 38.2. The molecule has 8 aromatic carbocycles. The molecule has 0 heterocycles. The lowest BCUT2D eigenvalue weighted by Gasteiger charge is -2.38. The highest BCUT2D eigenvalue weighted by Crippen LogP contribution is 2.52. The normalized spacial score (nSPS) is 15.1. The van der Waals surface area contributed by atoms with Crippen LogP contribution in [0.4, 0.5) is 4.39 Å². The number of carboxylic acids is 2. The molecule has 10 nitrogen and oxygen atoms in total. The Balaban J connectivity index is 0.000000135. The van der Waals surface area contributed by atoms with E-state index < -0.39 is 26.2 Å². The maximum Gasteiger partial charge on any atom is 0.322 e. The Morgan fingerprint density at radius 3 is 1.01 bits per heavy atom. The van der Waals surface area contributed by atoms with Crippen molar-refractivity contribution in [2.45, 2.75) is 93.6 Å². The molecule has 0 amide bonds. The summed E-state index contributed by atoms with van der Waals surface area (Å²) in [7, 11) is 0. The highest BCUT2D eigenvalue weighted by molar-refractivity contribution is 8.02. The van der Waals surface area contributed by atoms with Gasteiger partial charge in [-0.25, -0.2) is 4.39 Å². The van der Waals surface area contributed by atoms with Crippen molar-refractivity contribution in [3.05, 3.63) is 174 Å². The molecular weight excluding hydrogens is 1000 g/mol. The minimum atomic E-state index is -0.734. The van der Waals surface area contributed by atoms with E-state index in [1.807, 2.05) is 110 Å². The van der Waals surface area contributed by atoms with Gasteiger partial charge in [0.05, 0.1) is 53.1 Å². The number of aliphatic carboxylic acids is 2. The number of halogens is 1. The Bertz CT molecular complexity index is 3550. The minimum Gasteiger partial charge on any atom is -0.480 e. The number of nitriles is 4. The number of hydrogen-bond donors (Lipinski definition) is 2. The summed E-state index contributed by atoms with van der Waals surface area (Å²) in [5.74, 6) is -1.86. The summed E-state index contributed by atoms with van der Waals surface area (Å²) < 4.78 is 16.6. The minimum absolute atomic E-state index is 0.111. The summed E-state index contributed by atoms with van der Waals surface area (Å²) in [6.45, 7) is 2.25. The van der Waals surface area contributed by atoms with E-state index in [0.29, 0.717) is 65.3 Å². The maximum absolute atomic E-state index is 13.2. The standard InChI is InChI=1S/C18H17NO2S.2C16H13NO2S.C11H6FN/c1-2-21-17(20)18(10-5-11-18)22-16-9-8-13(12-19)14-6-3-4-7-15(14)16;2*17-10-11-6-7-14(13-5-2-1-4-12(11)13)20-16(15(18)19)8-3-9-16;12-11-6-5-8(7-13)9-3-1-2-4-10(9)11/h3-4,6-9H,2,5,10-11H2,1H3;2*1-2,4-7H,3,8-9H2,(H,18,19);1-6H. The average Bonchev–Trinajstić information content (AvgIpc) is 3.40. The highest BCUT2D eigenvalue weighted by atomic mass is 32.2. The first-order chi connectivity index (χ1) is 36.3. The van der Waals surface area contributed by atoms with E-state index in [0.717, 1.165) is 79.1 Å². The summed E-state index contributed by atoms with van der Waals surface area (Å²) in [5, 5.41) is 62.0. The second-order valence-corrected chi connectivity index (χ2v) is 22.5. The van der Waals surface area contributed by atoms with Crippen molar-refractivity contribution in [3.63, 3.8) is 0 Å². The molecule has 11 rings (SSSR count). The van der Waals surface area contributed by atoms with Crippen LogP contribution < -0.4 is 0 Å². The van der Waals surface area contributed by atoms with Crippen molar-refractivity contribution in [1.29, 1.82) is 21.0 Å². The summed E-state index contributed by atoms with van der Waals surface area (Å²) in [6, 6.07) is 52.7. The number of benzene rings is 8. The van der Waals surface area contributed by atoms with E-state index in [2.05, 4.69) is 18.2 Å². The number of carboxylic acid groups (broad SMARTS) is 2. The number of ether oxygens (including phenoxy) is 1. The third-order valence-electron chi connectivity index (χ3n) is 13.8. The van der Waals surface area contributed by atoms with Crippen molar-refractivity contribution in [2.24, 2.45) is 0 Å². The smallest absolute Gasteiger partial charge is 0.322 e. The predicted molar refractivity (Wildman–Crippen MR) is 294 cm³/mol. The number of thioether (sulfide) groups is 3. The van der Waals surface area contributed by atoms with E-state index in [1.165, 1.54) is 35.7 Å². The van der Waals surface area contributed by atoms with Gasteiger partial charge >= 0.3 is 17.9 Å². The largest absolute Gasteiger partial charge is 0.480 e. The number of nitrogens with zero attached hydrogens (tertiary/aromatic N) is 4. The highest BCUT2D eigenvalue weighted by Gasteiger charge is 2.48. The Labute approximate surface area is 446 Å². The van der Waals surface area contributed by atoms with Crippen LogP contribution in [0.2, 0.25) is 0 Å². The molecule has 0 aromatic heterocycles. The predicted octanol–water partition coefficient (Wildman–Crippen LogP) is 14.8. The average molecular weight is 1050 g/mol. The van der Waals surface area contributed by atoms with Crippen LogP contribution >= 0.6 is 35.3 Å². The molecule has 3 fully saturated rings. The molecule has 0 aliphatic heterocycles. The van der Waals surface area contributed by atoms with E-state index >= 15 is 0 Å². The number of carbonyl (C=O) groups is 3. The monoisotopic (exact) mass is 1050 g/mol. The molecule has 374 valence electrons. The van der Waals surface area contributed by atoms with E-state index in [-0.39, 0.29) is 11.8 Å². The van der Waals surface area contributed by atoms with Gasteiger partial charge in [0.15, 0.2) is 0 Å². The van der Waals surface area contributed by atoms with Gasteiger partial charge in [0.1, 0.15) is 20.1 Å². The van der Waals surface area contributed by atoms with Crippen LogP contribution in [0, 0.1) is 51.1 Å². The molecule has 3 aliphatic rings. The van der Waals surface area contributed by atoms with Gasteiger partial charge in [-0.2, -0.15) is 21.0 Å². The van der Waals surface area contributed by atoms with Crippen LogP contribution in [0.1, 0.15) is 87.0 Å². The lowest BCUT2D eigenvalue weighted by atomic mass is 9.84. The van der Waals surface area contributed by atoms with E-state index in [9.17, 15) is 34.2 Å². The lowest BCUT2D eigenvalue weighted by Crippen LogP contribution is -2.43. The molecule has 0 bridgehead atoms. The van der Waals surface area contributed by atoms with Gasteiger partial charge in [-0.15, -0.1) is 35.3 Å². The van der Waals surface area contributed by atoms with Gasteiger partial charge in [0.2, 0.25) is 0 Å². The zero-order valence-corrected chi connectivity index (χ0v) is 43.3. The Morgan fingerprint density at radius 1 is 0.453 bits per heavy atom. The third-order valence-corrected chi connectivity index (χ3v) is 18.5. The number of rotatable bonds is 10. The van der Waals surface area contributed by atoms with Gasteiger partial charge in [-0.1, -0.05) is 97.1 Å². The van der Waals surface area contributed by atoms with Crippen LogP contribution in [0.25, 0.3) is 43.1 Å². The molecule has 2 N–H and O–H groups in total. The maximum atomic E-state index is 13.2. The zero-order valence-electron chi connectivity index (χ0n) is 40.8. The molecule has 75 heavy (non-hydrogen) atoms. The van der Waals surface area contributed by atoms with Gasteiger partial charge in [0, 0.05) is 41.6 Å². The van der Waals surface area contributed by atoms with Crippen LogP contribution in [-0.4, -0.2) is 49.0 Å². The molecule has 3 saturated carbocycles. The van der Waals surface area contributed by atoms with Crippen molar-refractivity contribution < 1.29 is 33.7 Å². The molecule has 0 radical (unpaired) electrons. The second-order valence-electron chi connectivity index (χ2n) is 18.2. The van der Waals surface area contributed by atoms with Crippen molar-refractivity contribution >= 4 is 96.3 Å². The zero-order chi connectivity index (χ0) is 53.2. The van der Waals surface area contributed by atoms with Crippen LogP contribution in [-0.2, 0) is 19.1 Å². The molecule has 3 aliphatic carbocycles. The van der Waals surface area contributed by atoms with Gasteiger partial charge < -0.3 is 14.9 Å². The number of fused-ring (bicyclic) bond motifs is 4. The summed E-state index contributed by atoms with van der Waals surface area (Å²) in [6.07, 6.45) is 7.53. The first kappa shape index (κ1) is 53.4. The van der Waals surface area contributed by atoms with Gasteiger partial charge in [-0.3, -0.25) is 14.4 Å². The quantitative estimate of drug-likeness (QED) is 0.123. The fraction of sp³-hybridized carbons (Fsp3) is 0.230. The fourth-order valence-corrected chi connectivity index (χ4v) is 13.5. The SMILES string of the molecule is CCOC(=O)C1(Sc2ccc(C#N)c3ccccc23)CCC1.N#Cc1ccc(F)c2ccccc12.N#Cc1ccc(SC2(C(=O)O)CCC2)c2ccccc12.N#Cc1ccc(SC2(C(=O)O)CCC2)c2ccccc12. The van der Waals surface area contributed by atoms with Crippen LogP contribution in [0.3, 0.4) is 0 Å². The van der Waals surface area contributed by atoms with E-state index in [4.69, 9.17) is 20.5 Å². The van der Waals surface area contributed by atoms with Gasteiger partial charge in [-0.05, 0) is 129 Å². The van der Waals surface area contributed by atoms with E-state index in [1.54, 1.807) is 48.2 Å². The lowest BCUT2D eigenvalue weighted by molar-refractivity contribution is -0.148. The molecule has 0 atom stereocenters. The van der Waals surface area contributed by atoms with Crippen LogP contribution in [0.5, 0.6) is 0 Å². The Morgan fingerprint density at radius 2 is 0.733 bits per heavy atom. The first-order valence-electron chi connectivity index (χ1n) is 24.4. The molecule has 0 unspecified atom stereocenters. The van der Waals surface area contributed by atoms with Crippen molar-refractivity contribution in [1.82, 2.24) is 0 Å². The van der Waals surface area contributed by atoms with Crippen molar-refractivity contribution in [3.8, 4) is 24.3 Å². The molecule has 14 heteroatoms. The summed E-state index contributed by atoms with van der Waals surface area (Å²) >= 11 is 4.44. The third kappa shape index (κ3) is 11.2. The number of esters is 1. The second kappa shape index (κ2) is 23.6. The van der Waals surface area contributed by atoms with Crippen LogP contribution in [0.15, 0.2) is 160 Å². The van der Waals surface area contributed by atoms with Crippen molar-refractivity contribution in [2.75, 3.05) is 6.61 Å². The number of carbonyl (C=O) groups excluding carboxylic acids is 1. The molecule has 8 aromatic rings. The molecular formula is C61H49FN4O6S3. The Hall–Kier alpha value is -7.85. The Kier molecular flexibility index (Phi) is 16.8. The fourth-order valence-electron chi connectivity index (χ4n) is 9.19. The molecule has 0 spiro atoms.